The Morgan fingerprint density at radius 2 is 1.26 bits per heavy atom. The van der Waals surface area contributed by atoms with Gasteiger partial charge >= 0.3 is 0 Å². The van der Waals surface area contributed by atoms with Gasteiger partial charge in [-0.2, -0.15) is 0 Å². The van der Waals surface area contributed by atoms with Gasteiger partial charge < -0.3 is 0 Å². The summed E-state index contributed by atoms with van der Waals surface area (Å²) in [5.74, 6) is -0.0623. The monoisotopic (exact) mass is 419 g/mol. The summed E-state index contributed by atoms with van der Waals surface area (Å²) in [5.41, 5.74) is 5.37. The number of benzene rings is 4. The second kappa shape index (κ2) is 8.17. The lowest BCUT2D eigenvalue weighted by Gasteiger charge is -2.17. The van der Waals surface area contributed by atoms with Gasteiger partial charge in [0, 0.05) is 27.1 Å². The molecule has 1 heterocycles. The van der Waals surface area contributed by atoms with E-state index in [1.54, 1.807) is 0 Å². The molecule has 0 fully saturated rings. The van der Waals surface area contributed by atoms with E-state index in [9.17, 15) is 4.79 Å². The molecule has 0 saturated heterocycles. The van der Waals surface area contributed by atoms with Crippen molar-refractivity contribution in [3.63, 3.8) is 0 Å². The average Bonchev–Trinajstić information content (AvgIpc) is 2.84. The molecule has 4 aromatic carbocycles. The van der Waals surface area contributed by atoms with Crippen LogP contribution in [0.25, 0.3) is 33.3 Å². The number of hydrogen-bond acceptors (Lipinski definition) is 2. The van der Waals surface area contributed by atoms with Crippen LogP contribution in [-0.2, 0) is 0 Å². The highest BCUT2D eigenvalue weighted by atomic mass is 35.5. The van der Waals surface area contributed by atoms with Crippen molar-refractivity contribution in [3.8, 4) is 22.4 Å². The number of hydrogen-bond donors (Lipinski definition) is 0. The van der Waals surface area contributed by atoms with Crippen LogP contribution in [0.15, 0.2) is 109 Å². The molecular formula is C28H18ClNO. The van der Waals surface area contributed by atoms with Crippen molar-refractivity contribution < 1.29 is 4.79 Å². The lowest BCUT2D eigenvalue weighted by atomic mass is 9.88. The third kappa shape index (κ3) is 3.63. The molecule has 0 spiro atoms. The quantitative estimate of drug-likeness (QED) is 0.283. The molecule has 0 saturated carbocycles. The van der Waals surface area contributed by atoms with Crippen LogP contribution in [0, 0.1) is 0 Å². The van der Waals surface area contributed by atoms with Crippen molar-refractivity contribution in [1.29, 1.82) is 0 Å². The Morgan fingerprint density at radius 3 is 1.90 bits per heavy atom. The van der Waals surface area contributed by atoms with Crippen LogP contribution in [0.4, 0.5) is 0 Å². The summed E-state index contributed by atoms with van der Waals surface area (Å²) in [5, 5.41) is 1.47. The van der Waals surface area contributed by atoms with Crippen LogP contribution >= 0.6 is 11.6 Å². The molecule has 0 atom stereocenters. The molecule has 3 heteroatoms. The molecule has 2 nitrogen and oxygen atoms in total. The van der Waals surface area contributed by atoms with Gasteiger partial charge in [0.2, 0.25) is 0 Å². The molecule has 5 rings (SSSR count). The van der Waals surface area contributed by atoms with Gasteiger partial charge in [0.25, 0.3) is 0 Å². The second-order valence-corrected chi connectivity index (χ2v) is 7.74. The molecular weight excluding hydrogens is 402 g/mol. The maximum Gasteiger partial charge on any atom is 0.195 e. The van der Waals surface area contributed by atoms with Crippen molar-refractivity contribution in [2.45, 2.75) is 0 Å². The van der Waals surface area contributed by atoms with Gasteiger partial charge in [-0.05, 0) is 23.8 Å². The van der Waals surface area contributed by atoms with Crippen molar-refractivity contribution in [2.75, 3.05) is 0 Å². The van der Waals surface area contributed by atoms with E-state index in [4.69, 9.17) is 16.6 Å². The highest BCUT2D eigenvalue weighted by molar-refractivity contribution is 6.31. The molecule has 148 valence electrons. The summed E-state index contributed by atoms with van der Waals surface area (Å²) in [6, 6.07) is 34.8. The van der Waals surface area contributed by atoms with E-state index >= 15 is 0 Å². The van der Waals surface area contributed by atoms with Crippen LogP contribution in [0.3, 0.4) is 0 Å². The lowest BCUT2D eigenvalue weighted by Crippen LogP contribution is -2.08. The van der Waals surface area contributed by atoms with Crippen LogP contribution in [0.1, 0.15) is 15.9 Å². The van der Waals surface area contributed by atoms with Crippen molar-refractivity contribution in [2.24, 2.45) is 0 Å². The molecule has 0 N–H and O–H groups in total. The van der Waals surface area contributed by atoms with Gasteiger partial charge in [-0.25, -0.2) is 4.98 Å². The summed E-state index contributed by atoms with van der Waals surface area (Å²) >= 11 is 6.37. The Bertz CT molecular complexity index is 1380. The van der Waals surface area contributed by atoms with Crippen molar-refractivity contribution >= 4 is 28.3 Å². The lowest BCUT2D eigenvalue weighted by molar-refractivity contribution is 0.104. The van der Waals surface area contributed by atoms with Gasteiger partial charge in [-0.3, -0.25) is 4.79 Å². The third-order valence-corrected chi connectivity index (χ3v) is 5.55. The second-order valence-electron chi connectivity index (χ2n) is 7.30. The third-order valence-electron chi connectivity index (χ3n) is 5.32. The molecule has 0 aliphatic heterocycles. The number of rotatable bonds is 4. The van der Waals surface area contributed by atoms with Crippen molar-refractivity contribution in [3.05, 3.63) is 125 Å². The molecule has 5 aromatic rings. The SMILES string of the molecule is O=C(c1ccccc1)c1c(-c2ccccc2)nc2ccc(Cl)cc2c1-c1ccccc1. The van der Waals surface area contributed by atoms with E-state index in [0.29, 0.717) is 21.8 Å². The van der Waals surface area contributed by atoms with E-state index in [0.717, 1.165) is 27.6 Å². The fourth-order valence-electron chi connectivity index (χ4n) is 3.90. The standard InChI is InChI=1S/C28H18ClNO/c29-22-16-17-24-23(18-22)25(19-10-4-1-5-11-19)26(28(31)21-14-8-3-9-15-21)27(30-24)20-12-6-2-7-13-20/h1-18H. The predicted octanol–water partition coefficient (Wildman–Crippen LogP) is 7.45. The Hall–Kier alpha value is -3.75. The molecule has 1 aromatic heterocycles. The first-order chi connectivity index (χ1) is 15.2. The summed E-state index contributed by atoms with van der Waals surface area (Å²) in [6.45, 7) is 0. The number of halogens is 1. The summed E-state index contributed by atoms with van der Waals surface area (Å²) in [4.78, 5) is 18.8. The molecule has 31 heavy (non-hydrogen) atoms. The summed E-state index contributed by atoms with van der Waals surface area (Å²) in [7, 11) is 0. The van der Waals surface area contributed by atoms with E-state index < -0.39 is 0 Å². The minimum atomic E-state index is -0.0623. The Labute approximate surface area is 185 Å². The molecule has 0 radical (unpaired) electrons. The van der Waals surface area contributed by atoms with E-state index in [2.05, 4.69) is 0 Å². The predicted molar refractivity (Wildman–Crippen MR) is 127 cm³/mol. The summed E-state index contributed by atoms with van der Waals surface area (Å²) in [6.07, 6.45) is 0. The number of carbonyl (C=O) groups is 1. The van der Waals surface area contributed by atoms with Crippen molar-refractivity contribution in [1.82, 2.24) is 4.98 Å². The molecule has 0 aliphatic carbocycles. The molecule has 0 unspecified atom stereocenters. The zero-order valence-electron chi connectivity index (χ0n) is 16.6. The maximum atomic E-state index is 13.9. The first-order valence-electron chi connectivity index (χ1n) is 10.1. The zero-order valence-corrected chi connectivity index (χ0v) is 17.4. The van der Waals surface area contributed by atoms with Crippen LogP contribution in [0.2, 0.25) is 5.02 Å². The Balaban J connectivity index is 1.94. The van der Waals surface area contributed by atoms with E-state index in [1.165, 1.54) is 0 Å². The van der Waals surface area contributed by atoms with Gasteiger partial charge in [0.05, 0.1) is 16.8 Å². The number of fused-ring (bicyclic) bond motifs is 1. The minimum Gasteiger partial charge on any atom is -0.289 e. The van der Waals surface area contributed by atoms with Gasteiger partial charge in [0.15, 0.2) is 5.78 Å². The maximum absolute atomic E-state index is 13.9. The van der Waals surface area contributed by atoms with Gasteiger partial charge in [-0.1, -0.05) is 103 Å². The highest BCUT2D eigenvalue weighted by Gasteiger charge is 2.24. The smallest absolute Gasteiger partial charge is 0.195 e. The average molecular weight is 420 g/mol. The normalized spacial score (nSPS) is 10.9. The fraction of sp³-hybridized carbons (Fsp3) is 0. The number of ketones is 1. The number of pyridine rings is 1. The van der Waals surface area contributed by atoms with Gasteiger partial charge in [0.1, 0.15) is 0 Å². The zero-order chi connectivity index (χ0) is 21.2. The van der Waals surface area contributed by atoms with Crippen LogP contribution in [0.5, 0.6) is 0 Å². The first-order valence-corrected chi connectivity index (χ1v) is 10.4. The Kier molecular flexibility index (Phi) is 5.07. The van der Waals surface area contributed by atoms with Crippen LogP contribution < -0.4 is 0 Å². The number of aromatic nitrogens is 1. The minimum absolute atomic E-state index is 0.0623. The topological polar surface area (TPSA) is 30.0 Å². The van der Waals surface area contributed by atoms with E-state index in [-0.39, 0.29) is 5.78 Å². The highest BCUT2D eigenvalue weighted by Crippen LogP contribution is 2.39. The molecule has 0 aliphatic rings. The molecule has 0 bridgehead atoms. The number of carbonyl (C=O) groups excluding carboxylic acids is 1. The summed E-state index contributed by atoms with van der Waals surface area (Å²) < 4.78 is 0. The van der Waals surface area contributed by atoms with Crippen LogP contribution in [-0.4, -0.2) is 10.8 Å². The first kappa shape index (κ1) is 19.2. The largest absolute Gasteiger partial charge is 0.289 e. The number of nitrogens with zero attached hydrogens (tertiary/aromatic N) is 1. The molecule has 0 amide bonds. The van der Waals surface area contributed by atoms with Gasteiger partial charge in [-0.15, -0.1) is 0 Å². The Morgan fingerprint density at radius 1 is 0.677 bits per heavy atom. The van der Waals surface area contributed by atoms with E-state index in [1.807, 2.05) is 109 Å². The fourth-order valence-corrected chi connectivity index (χ4v) is 4.07.